The molecule has 1 fully saturated rings. The minimum Gasteiger partial charge on any atom is -0.461 e. The smallest absolute Gasteiger partial charge is 0.274 e. The van der Waals surface area contributed by atoms with Crippen LogP contribution < -0.4 is 15.0 Å². The van der Waals surface area contributed by atoms with Crippen molar-refractivity contribution >= 4 is 67.4 Å². The summed E-state index contributed by atoms with van der Waals surface area (Å²) in [6.45, 7) is 1.56. The second-order valence-corrected chi connectivity index (χ2v) is 13.8. The molecule has 2 unspecified atom stereocenters. The van der Waals surface area contributed by atoms with Crippen molar-refractivity contribution in [2.75, 3.05) is 23.4 Å². The van der Waals surface area contributed by atoms with E-state index in [-0.39, 0.29) is 35.4 Å². The van der Waals surface area contributed by atoms with Crippen molar-refractivity contribution in [1.82, 2.24) is 9.97 Å². The van der Waals surface area contributed by atoms with Gasteiger partial charge in [0.05, 0.1) is 12.3 Å². The molecular formula is C38H35ClN4O8. The van der Waals surface area contributed by atoms with Crippen molar-refractivity contribution in [1.29, 1.82) is 0 Å². The molecule has 1 saturated heterocycles. The van der Waals surface area contributed by atoms with E-state index in [0.717, 1.165) is 27.2 Å². The van der Waals surface area contributed by atoms with Crippen molar-refractivity contribution in [3.63, 3.8) is 0 Å². The molecule has 51 heavy (non-hydrogen) atoms. The molecule has 0 spiro atoms. The third-order valence-corrected chi connectivity index (χ3v) is 10.1. The van der Waals surface area contributed by atoms with E-state index in [2.05, 4.69) is 15.3 Å². The van der Waals surface area contributed by atoms with Gasteiger partial charge < -0.3 is 50.1 Å². The fraction of sp³-hybridized carbons (Fsp3) is 0.263. The Balaban J connectivity index is 1.11. The molecule has 4 aromatic carbocycles. The van der Waals surface area contributed by atoms with Gasteiger partial charge in [0, 0.05) is 56.8 Å². The van der Waals surface area contributed by atoms with Crippen LogP contribution in [0, 0.1) is 0 Å². The highest BCUT2D eigenvalue weighted by Gasteiger charge is 2.45. The third kappa shape index (κ3) is 5.79. The number of nitrogens with zero attached hydrogens (tertiary/aromatic N) is 1. The Morgan fingerprint density at radius 2 is 1.61 bits per heavy atom. The average molecular weight is 711 g/mol. The monoisotopic (exact) mass is 710 g/mol. The summed E-state index contributed by atoms with van der Waals surface area (Å²) in [7, 11) is 0. The topological polar surface area (TPSA) is 180 Å². The van der Waals surface area contributed by atoms with Crippen LogP contribution in [0.25, 0.3) is 32.6 Å². The number of alkyl halides is 1. The highest BCUT2D eigenvalue weighted by atomic mass is 35.5. The maximum absolute atomic E-state index is 14.3. The van der Waals surface area contributed by atoms with Gasteiger partial charge in [-0.25, -0.2) is 0 Å². The van der Waals surface area contributed by atoms with Gasteiger partial charge in [0.15, 0.2) is 0 Å². The van der Waals surface area contributed by atoms with Crippen LogP contribution in [0.4, 0.5) is 11.4 Å². The standard InChI is InChI=1S/C38H35ClN4O8/c1-18(39)24-16-43(29-15-30(22-7-3-4-8-23(22)32(24)29)50-38-35(47)34(46)33(45)31(17-44)51-38)37(49)28-14-20-12-21(10-11-26(20)42-28)40-36(48)27-13-19-6-2-5-9-25(19)41-27/h2-15,18,24,31,33-35,38,41-42,44-47H,16-17H2,1H3,(H,40,48)/t18?,24?,31-,33-,34+,35+,38-/m1/s1. The number of aliphatic hydroxyl groups is 4. The molecular weight excluding hydrogens is 676 g/mol. The normalized spacial score (nSPS) is 23.8. The number of H-pyrrole nitrogens is 2. The summed E-state index contributed by atoms with van der Waals surface area (Å²) in [6.07, 6.45) is -7.35. The number of fused-ring (bicyclic) bond motifs is 5. The number of aliphatic hydroxyl groups excluding tert-OH is 4. The summed E-state index contributed by atoms with van der Waals surface area (Å²) in [5.41, 5.74) is 4.30. The summed E-state index contributed by atoms with van der Waals surface area (Å²) >= 11 is 6.75. The first-order valence-electron chi connectivity index (χ1n) is 16.6. The lowest BCUT2D eigenvalue weighted by Crippen LogP contribution is -2.60. The van der Waals surface area contributed by atoms with Gasteiger partial charge in [-0.15, -0.1) is 11.6 Å². The second-order valence-electron chi connectivity index (χ2n) is 13.1. The van der Waals surface area contributed by atoms with Crippen LogP contribution in [0.15, 0.2) is 84.9 Å². The molecule has 8 rings (SSSR count). The Kier molecular flexibility index (Phi) is 8.45. The zero-order valence-corrected chi connectivity index (χ0v) is 28.0. The van der Waals surface area contributed by atoms with Gasteiger partial charge in [0.25, 0.3) is 11.8 Å². The molecule has 0 aliphatic carbocycles. The number of anilines is 2. The van der Waals surface area contributed by atoms with Crippen LogP contribution in [0.1, 0.15) is 39.4 Å². The number of amides is 2. The van der Waals surface area contributed by atoms with E-state index < -0.39 is 37.3 Å². The lowest BCUT2D eigenvalue weighted by molar-refractivity contribution is -0.277. The molecule has 0 saturated carbocycles. The molecule has 13 heteroatoms. The molecule has 2 amide bonds. The molecule has 2 aliphatic rings. The number of nitrogens with one attached hydrogen (secondary N) is 3. The van der Waals surface area contributed by atoms with Gasteiger partial charge in [-0.05, 0) is 54.3 Å². The Hall–Kier alpha value is -4.95. The van der Waals surface area contributed by atoms with Gasteiger partial charge in [-0.2, -0.15) is 0 Å². The zero-order chi connectivity index (χ0) is 35.6. The van der Waals surface area contributed by atoms with Crippen LogP contribution in [0.3, 0.4) is 0 Å². The van der Waals surface area contributed by atoms with E-state index in [9.17, 15) is 30.0 Å². The van der Waals surface area contributed by atoms with Gasteiger partial charge in [0.1, 0.15) is 41.6 Å². The number of para-hydroxylation sites is 1. The second kappa shape index (κ2) is 13.0. The van der Waals surface area contributed by atoms with Crippen molar-refractivity contribution in [2.45, 2.75) is 48.9 Å². The average Bonchev–Trinajstić information content (AvgIpc) is 3.87. The van der Waals surface area contributed by atoms with E-state index in [0.29, 0.717) is 33.7 Å². The summed E-state index contributed by atoms with van der Waals surface area (Å²) in [4.78, 5) is 35.3. The first kappa shape index (κ1) is 33.2. The Morgan fingerprint density at radius 1 is 0.902 bits per heavy atom. The maximum Gasteiger partial charge on any atom is 0.274 e. The Morgan fingerprint density at radius 3 is 2.37 bits per heavy atom. The molecule has 6 aromatic rings. The summed E-state index contributed by atoms with van der Waals surface area (Å²) < 4.78 is 11.8. The van der Waals surface area contributed by atoms with E-state index in [1.807, 2.05) is 55.5 Å². The minimum atomic E-state index is -1.62. The Bertz CT molecular complexity index is 2270. The minimum absolute atomic E-state index is 0.229. The molecule has 2 aliphatic heterocycles. The van der Waals surface area contributed by atoms with Crippen molar-refractivity contribution in [3.05, 3.63) is 102 Å². The lowest BCUT2D eigenvalue weighted by atomic mass is 9.92. The van der Waals surface area contributed by atoms with E-state index >= 15 is 0 Å². The summed E-state index contributed by atoms with van der Waals surface area (Å²) in [5.74, 6) is -0.569. The van der Waals surface area contributed by atoms with Crippen LogP contribution in [-0.2, 0) is 4.74 Å². The molecule has 7 N–H and O–H groups in total. The predicted octanol–water partition coefficient (Wildman–Crippen LogP) is 4.60. The molecule has 0 bridgehead atoms. The molecule has 262 valence electrons. The quantitative estimate of drug-likeness (QED) is 0.117. The fourth-order valence-electron chi connectivity index (χ4n) is 7.17. The number of carbonyl (C=O) groups excluding carboxylic acids is 2. The van der Waals surface area contributed by atoms with Gasteiger partial charge >= 0.3 is 0 Å². The van der Waals surface area contributed by atoms with Gasteiger partial charge in [0.2, 0.25) is 6.29 Å². The van der Waals surface area contributed by atoms with Crippen molar-refractivity contribution < 1.29 is 39.5 Å². The zero-order valence-electron chi connectivity index (χ0n) is 27.3. The lowest BCUT2D eigenvalue weighted by Gasteiger charge is -2.39. The van der Waals surface area contributed by atoms with Gasteiger partial charge in [-0.3, -0.25) is 9.59 Å². The number of carbonyl (C=O) groups is 2. The number of hydrogen-bond acceptors (Lipinski definition) is 8. The maximum atomic E-state index is 14.3. The van der Waals surface area contributed by atoms with Crippen LogP contribution >= 0.6 is 11.6 Å². The van der Waals surface area contributed by atoms with Gasteiger partial charge in [-0.1, -0.05) is 42.5 Å². The van der Waals surface area contributed by atoms with Crippen LogP contribution in [-0.4, -0.2) is 91.4 Å². The highest BCUT2D eigenvalue weighted by molar-refractivity contribution is 6.22. The predicted molar refractivity (Wildman–Crippen MR) is 193 cm³/mol. The first-order chi connectivity index (χ1) is 24.6. The number of benzene rings is 4. The van der Waals surface area contributed by atoms with E-state index in [1.165, 1.54) is 0 Å². The van der Waals surface area contributed by atoms with E-state index in [1.54, 1.807) is 41.3 Å². The third-order valence-electron chi connectivity index (χ3n) is 9.84. The van der Waals surface area contributed by atoms with Crippen molar-refractivity contribution in [2.24, 2.45) is 0 Å². The molecule has 2 aromatic heterocycles. The molecule has 0 radical (unpaired) electrons. The van der Waals surface area contributed by atoms with Crippen molar-refractivity contribution in [3.8, 4) is 5.75 Å². The summed E-state index contributed by atoms with van der Waals surface area (Å²) in [5, 5.41) is 46.8. The molecule has 4 heterocycles. The molecule has 12 nitrogen and oxygen atoms in total. The largest absolute Gasteiger partial charge is 0.461 e. The summed E-state index contributed by atoms with van der Waals surface area (Å²) in [6, 6.07) is 25.7. The van der Waals surface area contributed by atoms with Crippen LogP contribution in [0.2, 0.25) is 0 Å². The molecule has 7 atom stereocenters. The Labute approximate surface area is 296 Å². The number of rotatable bonds is 7. The number of ether oxygens (including phenoxy) is 2. The number of halogens is 1. The van der Waals surface area contributed by atoms with Crippen LogP contribution in [0.5, 0.6) is 5.75 Å². The number of aromatic nitrogens is 2. The fourth-order valence-corrected chi connectivity index (χ4v) is 7.38. The van der Waals surface area contributed by atoms with E-state index in [4.69, 9.17) is 21.1 Å². The highest BCUT2D eigenvalue weighted by Crippen LogP contribution is 2.48. The first-order valence-corrected chi connectivity index (χ1v) is 17.1. The number of hydrogen-bond donors (Lipinski definition) is 7. The number of aromatic amines is 2. The SMILES string of the molecule is CC(Cl)C1CN(C(=O)c2cc3cc(NC(=O)c4cc5ccccc5[nH]4)ccc3[nH]2)c2cc(O[C@@H]3O[C@H](CO)[C@@H](O)[C@H](O)[C@@H]3O)c3ccccc3c21.